The van der Waals surface area contributed by atoms with E-state index in [-0.39, 0.29) is 22.7 Å². The van der Waals surface area contributed by atoms with E-state index in [2.05, 4.69) is 21.4 Å². The highest BCUT2D eigenvalue weighted by atomic mass is 32.2. The van der Waals surface area contributed by atoms with Gasteiger partial charge in [-0.25, -0.2) is 14.1 Å². The molecule has 208 valence electrons. The molecule has 0 bridgehead atoms. The normalized spacial score (nSPS) is 16.8. The van der Waals surface area contributed by atoms with Crippen LogP contribution in [0.5, 0.6) is 5.75 Å². The Morgan fingerprint density at radius 2 is 2.00 bits per heavy atom. The monoisotopic (exact) mass is 555 g/mol. The van der Waals surface area contributed by atoms with Crippen molar-refractivity contribution in [2.24, 2.45) is 11.8 Å². The van der Waals surface area contributed by atoms with E-state index in [1.807, 2.05) is 32.6 Å². The Morgan fingerprint density at radius 3 is 2.64 bits per heavy atom. The van der Waals surface area contributed by atoms with Gasteiger partial charge in [-0.15, -0.1) is 0 Å². The fourth-order valence-electron chi connectivity index (χ4n) is 4.79. The summed E-state index contributed by atoms with van der Waals surface area (Å²) in [5.41, 5.74) is 0.869. The highest BCUT2D eigenvalue weighted by Gasteiger charge is 2.39. The number of nitrogens with one attached hydrogen (secondary N) is 2. The van der Waals surface area contributed by atoms with Crippen LogP contribution in [-0.4, -0.2) is 43.0 Å². The summed E-state index contributed by atoms with van der Waals surface area (Å²) < 4.78 is 50.0. The van der Waals surface area contributed by atoms with Crippen molar-refractivity contribution < 1.29 is 22.3 Å². The van der Waals surface area contributed by atoms with Gasteiger partial charge in [-0.1, -0.05) is 20.8 Å². The topological polar surface area (TPSA) is 114 Å². The standard InChI is InChI=1S/C28H34FN5O4S/c1-18(2)17-38-23-12-20(11-21(29)13-23)25-9-8-24(26(31-25)34-16-19(3)14-28(34,4)5)27(35)33-39(36,37)32-22-7-6-10-30-15-22/h6-13,15,18-19,32H,14,16-17H2,1-5H3,(H,33,35)/t19-/m0/s1. The molecule has 0 radical (unpaired) electrons. The molecule has 1 aliphatic heterocycles. The first-order valence-electron chi connectivity index (χ1n) is 12.8. The number of aromatic nitrogens is 2. The lowest BCUT2D eigenvalue weighted by Crippen LogP contribution is -2.41. The van der Waals surface area contributed by atoms with E-state index < -0.39 is 21.9 Å². The van der Waals surface area contributed by atoms with E-state index in [1.165, 1.54) is 36.7 Å². The van der Waals surface area contributed by atoms with Crippen LogP contribution < -0.4 is 19.1 Å². The molecule has 3 aromatic rings. The van der Waals surface area contributed by atoms with Crippen LogP contribution in [0.2, 0.25) is 0 Å². The summed E-state index contributed by atoms with van der Waals surface area (Å²) in [6, 6.07) is 10.6. The van der Waals surface area contributed by atoms with Crippen LogP contribution in [-0.2, 0) is 10.2 Å². The number of halogens is 1. The van der Waals surface area contributed by atoms with E-state index in [1.54, 1.807) is 18.2 Å². The fourth-order valence-corrected chi connectivity index (χ4v) is 5.63. The molecule has 1 amide bonds. The lowest BCUT2D eigenvalue weighted by atomic mass is 9.97. The number of carbonyl (C=O) groups excluding carboxylic acids is 1. The number of rotatable bonds is 9. The molecule has 39 heavy (non-hydrogen) atoms. The maximum absolute atomic E-state index is 14.5. The summed E-state index contributed by atoms with van der Waals surface area (Å²) in [7, 11) is -4.25. The second-order valence-corrected chi connectivity index (χ2v) is 12.4. The molecule has 1 aromatic carbocycles. The molecular formula is C28H34FN5O4S. The van der Waals surface area contributed by atoms with Crippen LogP contribution in [0.3, 0.4) is 0 Å². The Labute approximate surface area is 229 Å². The van der Waals surface area contributed by atoms with Crippen LogP contribution in [0.15, 0.2) is 54.9 Å². The first-order chi connectivity index (χ1) is 18.3. The van der Waals surface area contributed by atoms with Crippen LogP contribution in [0.1, 0.15) is 51.4 Å². The van der Waals surface area contributed by atoms with Gasteiger partial charge in [-0.3, -0.25) is 14.5 Å². The molecule has 0 aliphatic carbocycles. The summed E-state index contributed by atoms with van der Waals surface area (Å²) in [5.74, 6) is -0.0170. The number of hydrogen-bond acceptors (Lipinski definition) is 7. The maximum atomic E-state index is 14.5. The molecule has 1 atom stereocenters. The summed E-state index contributed by atoms with van der Waals surface area (Å²) >= 11 is 0. The van der Waals surface area contributed by atoms with Gasteiger partial charge in [0.1, 0.15) is 17.4 Å². The SMILES string of the molecule is CC(C)COc1cc(F)cc(-c2ccc(C(=O)NS(=O)(=O)Nc3cccnc3)c(N3C[C@@H](C)CC3(C)C)n2)c1. The minimum Gasteiger partial charge on any atom is -0.493 e. The molecule has 11 heteroatoms. The molecule has 2 aromatic heterocycles. The third-order valence-electron chi connectivity index (χ3n) is 6.34. The fraction of sp³-hybridized carbons (Fsp3) is 0.393. The third kappa shape index (κ3) is 7.03. The van der Waals surface area contributed by atoms with Gasteiger partial charge in [-0.2, -0.15) is 8.42 Å². The third-order valence-corrected chi connectivity index (χ3v) is 7.30. The molecule has 0 saturated carbocycles. The first-order valence-corrected chi connectivity index (χ1v) is 14.3. The Hall–Kier alpha value is -3.73. The second-order valence-electron chi connectivity index (χ2n) is 11.0. The molecular weight excluding hydrogens is 521 g/mol. The van der Waals surface area contributed by atoms with Crippen molar-refractivity contribution in [3.8, 4) is 17.0 Å². The van der Waals surface area contributed by atoms with Gasteiger partial charge in [-0.05, 0) is 68.5 Å². The minimum absolute atomic E-state index is 0.0881. The largest absolute Gasteiger partial charge is 0.493 e. The van der Waals surface area contributed by atoms with Gasteiger partial charge in [0, 0.05) is 29.9 Å². The zero-order valence-electron chi connectivity index (χ0n) is 22.7. The van der Waals surface area contributed by atoms with Gasteiger partial charge in [0.05, 0.1) is 29.7 Å². The van der Waals surface area contributed by atoms with Crippen molar-refractivity contribution in [1.82, 2.24) is 14.7 Å². The summed E-state index contributed by atoms with van der Waals surface area (Å²) in [6.07, 6.45) is 3.69. The smallest absolute Gasteiger partial charge is 0.324 e. The van der Waals surface area contributed by atoms with Crippen molar-refractivity contribution in [1.29, 1.82) is 0 Å². The van der Waals surface area contributed by atoms with E-state index in [0.717, 1.165) is 6.42 Å². The quantitative estimate of drug-likeness (QED) is 0.381. The predicted molar refractivity (Wildman–Crippen MR) is 149 cm³/mol. The Bertz CT molecular complexity index is 1450. The molecule has 2 N–H and O–H groups in total. The number of hydrogen-bond donors (Lipinski definition) is 2. The number of amides is 1. The molecule has 1 fully saturated rings. The van der Waals surface area contributed by atoms with Crippen LogP contribution >= 0.6 is 0 Å². The highest BCUT2D eigenvalue weighted by Crippen LogP contribution is 2.38. The Balaban J connectivity index is 1.72. The van der Waals surface area contributed by atoms with Crippen molar-refractivity contribution in [3.05, 3.63) is 66.2 Å². The summed E-state index contributed by atoms with van der Waals surface area (Å²) in [4.78, 5) is 24.0. The Kier molecular flexibility index (Phi) is 8.10. The minimum atomic E-state index is -4.25. The number of anilines is 2. The summed E-state index contributed by atoms with van der Waals surface area (Å²) in [6.45, 7) is 11.3. The average molecular weight is 556 g/mol. The van der Waals surface area contributed by atoms with E-state index in [9.17, 15) is 17.6 Å². The van der Waals surface area contributed by atoms with Gasteiger partial charge >= 0.3 is 10.2 Å². The number of nitrogens with zero attached hydrogens (tertiary/aromatic N) is 3. The van der Waals surface area contributed by atoms with Crippen LogP contribution in [0.25, 0.3) is 11.3 Å². The Morgan fingerprint density at radius 1 is 1.23 bits per heavy atom. The van der Waals surface area contributed by atoms with E-state index in [0.29, 0.717) is 41.9 Å². The average Bonchev–Trinajstić information content (AvgIpc) is 3.13. The predicted octanol–water partition coefficient (Wildman–Crippen LogP) is 5.03. The lowest BCUT2D eigenvalue weighted by Gasteiger charge is -2.34. The van der Waals surface area contributed by atoms with Crippen molar-refractivity contribution in [2.45, 2.75) is 46.6 Å². The highest BCUT2D eigenvalue weighted by molar-refractivity contribution is 7.91. The first kappa shape index (κ1) is 28.3. The van der Waals surface area contributed by atoms with E-state index in [4.69, 9.17) is 9.72 Å². The van der Waals surface area contributed by atoms with Gasteiger partial charge < -0.3 is 9.64 Å². The van der Waals surface area contributed by atoms with Crippen molar-refractivity contribution in [2.75, 3.05) is 22.8 Å². The van der Waals surface area contributed by atoms with Crippen molar-refractivity contribution >= 4 is 27.6 Å². The van der Waals surface area contributed by atoms with Crippen LogP contribution in [0.4, 0.5) is 15.9 Å². The number of ether oxygens (including phenoxy) is 1. The zero-order valence-corrected chi connectivity index (χ0v) is 23.5. The summed E-state index contributed by atoms with van der Waals surface area (Å²) in [5, 5.41) is 0. The van der Waals surface area contributed by atoms with Gasteiger partial charge in [0.15, 0.2) is 0 Å². The zero-order chi connectivity index (χ0) is 28.4. The molecule has 9 nitrogen and oxygen atoms in total. The van der Waals surface area contributed by atoms with Gasteiger partial charge in [0.25, 0.3) is 5.91 Å². The molecule has 0 spiro atoms. The number of carbonyl (C=O) groups is 1. The molecule has 1 saturated heterocycles. The van der Waals surface area contributed by atoms with E-state index >= 15 is 0 Å². The number of benzene rings is 1. The lowest BCUT2D eigenvalue weighted by molar-refractivity contribution is 0.0981. The van der Waals surface area contributed by atoms with Gasteiger partial charge in [0.2, 0.25) is 0 Å². The molecule has 3 heterocycles. The molecule has 0 unspecified atom stereocenters. The second kappa shape index (κ2) is 11.2. The number of pyridine rings is 2. The van der Waals surface area contributed by atoms with Crippen molar-refractivity contribution in [3.63, 3.8) is 0 Å². The maximum Gasteiger partial charge on any atom is 0.324 e. The molecule has 4 rings (SSSR count). The molecule has 1 aliphatic rings. The van der Waals surface area contributed by atoms with Crippen LogP contribution in [0, 0.1) is 17.7 Å².